The van der Waals surface area contributed by atoms with E-state index in [2.05, 4.69) is 20.8 Å². The number of carbonyl (C=O) groups excluding carboxylic acids is 1. The zero-order chi connectivity index (χ0) is 12.4. The lowest BCUT2D eigenvalue weighted by molar-refractivity contribution is -0.148. The Morgan fingerprint density at radius 2 is 2.12 bits per heavy atom. The van der Waals surface area contributed by atoms with Crippen molar-refractivity contribution >= 4 is 5.97 Å². The summed E-state index contributed by atoms with van der Waals surface area (Å²) < 4.78 is 5.18. The minimum Gasteiger partial charge on any atom is -0.465 e. The van der Waals surface area contributed by atoms with Gasteiger partial charge in [-0.1, -0.05) is 32.9 Å². The summed E-state index contributed by atoms with van der Waals surface area (Å²) >= 11 is 0. The van der Waals surface area contributed by atoms with E-state index < -0.39 is 0 Å². The molecule has 1 saturated carbocycles. The first kappa shape index (κ1) is 13.3. The smallest absolute Gasteiger partial charge is 0.316 e. The Bertz CT molecular complexity index is 286. The standard InChI is InChI=1S/C14H24O2/c1-6-8-14(12(15)16-7-2)10-11(14)9-13(3,4)5/h6,8,11H,7,9-10H2,1-5H3/t11-,14-/m1/s1. The minimum absolute atomic E-state index is 0.0395. The van der Waals surface area contributed by atoms with Gasteiger partial charge in [0, 0.05) is 0 Å². The van der Waals surface area contributed by atoms with Crippen molar-refractivity contribution in [2.45, 2.75) is 47.5 Å². The largest absolute Gasteiger partial charge is 0.465 e. The van der Waals surface area contributed by atoms with Crippen LogP contribution in [0.3, 0.4) is 0 Å². The van der Waals surface area contributed by atoms with Crippen LogP contribution in [0.25, 0.3) is 0 Å². The molecule has 1 rings (SSSR count). The Morgan fingerprint density at radius 1 is 1.50 bits per heavy atom. The molecule has 1 fully saturated rings. The van der Waals surface area contributed by atoms with Gasteiger partial charge in [0.1, 0.15) is 0 Å². The molecule has 0 saturated heterocycles. The van der Waals surface area contributed by atoms with Gasteiger partial charge in [-0.15, -0.1) is 0 Å². The molecule has 0 bridgehead atoms. The lowest BCUT2D eigenvalue weighted by Gasteiger charge is -2.20. The summed E-state index contributed by atoms with van der Waals surface area (Å²) in [6.45, 7) is 11.0. The van der Waals surface area contributed by atoms with Crippen molar-refractivity contribution in [1.29, 1.82) is 0 Å². The lowest BCUT2D eigenvalue weighted by Crippen LogP contribution is -2.21. The first-order valence-electron chi connectivity index (χ1n) is 6.17. The van der Waals surface area contributed by atoms with E-state index >= 15 is 0 Å². The van der Waals surface area contributed by atoms with E-state index in [4.69, 9.17) is 4.74 Å². The quantitative estimate of drug-likeness (QED) is 0.539. The Balaban J connectivity index is 2.70. The molecule has 0 spiro atoms. The first-order valence-corrected chi connectivity index (χ1v) is 6.17. The highest BCUT2D eigenvalue weighted by molar-refractivity contribution is 5.83. The molecule has 0 amide bonds. The normalized spacial score (nSPS) is 29.4. The van der Waals surface area contributed by atoms with Gasteiger partial charge in [-0.25, -0.2) is 0 Å². The number of ether oxygens (including phenoxy) is 1. The van der Waals surface area contributed by atoms with Crippen molar-refractivity contribution in [3.63, 3.8) is 0 Å². The fraction of sp³-hybridized carbons (Fsp3) is 0.786. The molecule has 2 atom stereocenters. The Morgan fingerprint density at radius 3 is 2.56 bits per heavy atom. The highest BCUT2D eigenvalue weighted by atomic mass is 16.5. The molecule has 0 aromatic carbocycles. The summed E-state index contributed by atoms with van der Waals surface area (Å²) in [5, 5.41) is 0. The van der Waals surface area contributed by atoms with Crippen molar-refractivity contribution in [3.8, 4) is 0 Å². The topological polar surface area (TPSA) is 26.3 Å². The molecule has 0 heterocycles. The van der Waals surface area contributed by atoms with Crippen LogP contribution in [-0.2, 0) is 9.53 Å². The van der Waals surface area contributed by atoms with Crippen LogP contribution in [0.2, 0.25) is 0 Å². The molecule has 0 radical (unpaired) electrons. The van der Waals surface area contributed by atoms with Gasteiger partial charge in [-0.3, -0.25) is 4.79 Å². The van der Waals surface area contributed by atoms with Gasteiger partial charge >= 0.3 is 5.97 Å². The summed E-state index contributed by atoms with van der Waals surface area (Å²) in [4.78, 5) is 11.9. The number of rotatable bonds is 4. The Labute approximate surface area is 99.1 Å². The van der Waals surface area contributed by atoms with Gasteiger partial charge in [-0.2, -0.15) is 0 Å². The van der Waals surface area contributed by atoms with Crippen molar-refractivity contribution in [2.24, 2.45) is 16.7 Å². The van der Waals surface area contributed by atoms with Crippen molar-refractivity contribution in [3.05, 3.63) is 12.2 Å². The number of hydrogen-bond donors (Lipinski definition) is 0. The Kier molecular flexibility index (Phi) is 3.82. The van der Waals surface area contributed by atoms with Crippen molar-refractivity contribution in [1.82, 2.24) is 0 Å². The van der Waals surface area contributed by atoms with E-state index in [1.54, 1.807) is 0 Å². The van der Waals surface area contributed by atoms with E-state index in [0.717, 1.165) is 12.8 Å². The molecule has 0 unspecified atom stereocenters. The fourth-order valence-electron chi connectivity index (χ4n) is 2.43. The van der Waals surface area contributed by atoms with E-state index in [0.29, 0.717) is 12.5 Å². The average molecular weight is 224 g/mol. The fourth-order valence-corrected chi connectivity index (χ4v) is 2.43. The molecule has 1 aliphatic rings. The zero-order valence-corrected chi connectivity index (χ0v) is 11.2. The maximum atomic E-state index is 11.9. The third-order valence-electron chi connectivity index (χ3n) is 3.13. The molecule has 2 heteroatoms. The number of hydrogen-bond acceptors (Lipinski definition) is 2. The van der Waals surface area contributed by atoms with Crippen LogP contribution in [0.1, 0.15) is 47.5 Å². The highest BCUT2D eigenvalue weighted by Gasteiger charge is 2.59. The van der Waals surface area contributed by atoms with E-state index in [9.17, 15) is 4.79 Å². The molecular formula is C14H24O2. The van der Waals surface area contributed by atoms with Crippen LogP contribution < -0.4 is 0 Å². The molecule has 2 nitrogen and oxygen atoms in total. The second kappa shape index (κ2) is 4.60. The van der Waals surface area contributed by atoms with Gasteiger partial charge in [0.25, 0.3) is 0 Å². The average Bonchev–Trinajstić information content (AvgIpc) is 2.78. The summed E-state index contributed by atoms with van der Waals surface area (Å²) in [7, 11) is 0. The summed E-state index contributed by atoms with van der Waals surface area (Å²) in [5.41, 5.74) is -0.0292. The number of carbonyl (C=O) groups is 1. The van der Waals surface area contributed by atoms with Crippen LogP contribution in [-0.4, -0.2) is 12.6 Å². The summed E-state index contributed by atoms with van der Waals surface area (Å²) in [6.07, 6.45) is 6.03. The monoisotopic (exact) mass is 224 g/mol. The van der Waals surface area contributed by atoms with E-state index in [-0.39, 0.29) is 16.8 Å². The van der Waals surface area contributed by atoms with E-state index in [1.807, 2.05) is 26.0 Å². The van der Waals surface area contributed by atoms with Gasteiger partial charge in [-0.05, 0) is 38.0 Å². The van der Waals surface area contributed by atoms with E-state index in [1.165, 1.54) is 0 Å². The SMILES string of the molecule is CC=C[C@@]1(C(=O)OCC)C[C@H]1CC(C)(C)C. The third-order valence-corrected chi connectivity index (χ3v) is 3.13. The molecule has 0 N–H and O–H groups in total. The lowest BCUT2D eigenvalue weighted by atomic mass is 9.86. The van der Waals surface area contributed by atoms with Gasteiger partial charge in [0.2, 0.25) is 0 Å². The van der Waals surface area contributed by atoms with Crippen molar-refractivity contribution < 1.29 is 9.53 Å². The maximum absolute atomic E-state index is 11.9. The molecular weight excluding hydrogens is 200 g/mol. The molecule has 0 aliphatic heterocycles. The highest BCUT2D eigenvalue weighted by Crippen LogP contribution is 2.59. The maximum Gasteiger partial charge on any atom is 0.316 e. The number of allylic oxidation sites excluding steroid dienone is 1. The Hall–Kier alpha value is -0.790. The second-order valence-corrected chi connectivity index (χ2v) is 5.93. The summed E-state index contributed by atoms with van der Waals surface area (Å²) in [5.74, 6) is 0.421. The van der Waals surface area contributed by atoms with Gasteiger partial charge < -0.3 is 4.74 Å². The second-order valence-electron chi connectivity index (χ2n) is 5.93. The first-order chi connectivity index (χ1) is 7.35. The summed E-state index contributed by atoms with van der Waals surface area (Å²) in [6, 6.07) is 0. The van der Waals surface area contributed by atoms with Crippen molar-refractivity contribution in [2.75, 3.05) is 6.61 Å². The molecule has 0 aromatic heterocycles. The van der Waals surface area contributed by atoms with Crippen LogP contribution in [0.4, 0.5) is 0 Å². The zero-order valence-electron chi connectivity index (χ0n) is 11.2. The van der Waals surface area contributed by atoms with Gasteiger partial charge in [0.15, 0.2) is 0 Å². The molecule has 16 heavy (non-hydrogen) atoms. The number of esters is 1. The molecule has 92 valence electrons. The molecule has 1 aliphatic carbocycles. The van der Waals surface area contributed by atoms with Crippen LogP contribution >= 0.6 is 0 Å². The van der Waals surface area contributed by atoms with Crippen LogP contribution in [0.5, 0.6) is 0 Å². The molecule has 0 aromatic rings. The van der Waals surface area contributed by atoms with Crippen LogP contribution in [0, 0.1) is 16.7 Å². The third kappa shape index (κ3) is 2.87. The predicted molar refractivity (Wildman–Crippen MR) is 66.1 cm³/mol. The van der Waals surface area contributed by atoms with Gasteiger partial charge in [0.05, 0.1) is 12.0 Å². The minimum atomic E-state index is -0.307. The predicted octanol–water partition coefficient (Wildman–Crippen LogP) is 3.57. The van der Waals surface area contributed by atoms with Crippen LogP contribution in [0.15, 0.2) is 12.2 Å².